The van der Waals surface area contributed by atoms with E-state index < -0.39 is 26.0 Å². The zero-order valence-corrected chi connectivity index (χ0v) is 22.9. The van der Waals surface area contributed by atoms with Crippen molar-refractivity contribution in [3.8, 4) is 6.07 Å². The Labute approximate surface area is 226 Å². The fraction of sp³-hybridized carbons (Fsp3) is 0.304. The third-order valence-corrected chi connectivity index (χ3v) is 9.00. The molecular weight excluding hydrogens is 546 g/mol. The maximum Gasteiger partial charge on any atom is 0.260 e. The minimum Gasteiger partial charge on any atom is -0.338 e. The van der Waals surface area contributed by atoms with E-state index in [1.165, 1.54) is 23.5 Å². The number of benzene rings is 1. The van der Waals surface area contributed by atoms with Gasteiger partial charge in [-0.3, -0.25) is 14.4 Å². The van der Waals surface area contributed by atoms with Gasteiger partial charge in [0.25, 0.3) is 5.91 Å². The Hall–Kier alpha value is -4.20. The summed E-state index contributed by atoms with van der Waals surface area (Å²) >= 11 is 0. The van der Waals surface area contributed by atoms with Crippen molar-refractivity contribution >= 4 is 43.5 Å². The molecule has 0 unspecified atom stereocenters. The molecule has 39 heavy (non-hydrogen) atoms. The van der Waals surface area contributed by atoms with Gasteiger partial charge < -0.3 is 4.90 Å². The van der Waals surface area contributed by atoms with Gasteiger partial charge in [0.2, 0.25) is 31.9 Å². The van der Waals surface area contributed by atoms with Crippen LogP contribution in [0.4, 0.5) is 17.6 Å². The lowest BCUT2D eigenvalue weighted by Crippen LogP contribution is -2.49. The van der Waals surface area contributed by atoms with Gasteiger partial charge >= 0.3 is 0 Å². The molecule has 1 aromatic carbocycles. The summed E-state index contributed by atoms with van der Waals surface area (Å²) in [4.78, 5) is 31.0. The number of carbonyl (C=O) groups excluding carboxylic acids is 1. The van der Waals surface area contributed by atoms with Crippen LogP contribution < -0.4 is 14.5 Å². The maximum absolute atomic E-state index is 13.2. The smallest absolute Gasteiger partial charge is 0.260 e. The highest BCUT2D eigenvalue weighted by atomic mass is 32.2. The molecule has 1 aliphatic rings. The predicted octanol–water partition coefficient (Wildman–Crippen LogP) is 0.606. The minimum absolute atomic E-state index is 0.0723. The number of anilines is 3. The first-order chi connectivity index (χ1) is 18.4. The molecular formula is C23H25N9O5S2. The van der Waals surface area contributed by atoms with Gasteiger partial charge in [0.1, 0.15) is 16.7 Å². The Morgan fingerprint density at radius 1 is 1.05 bits per heavy atom. The van der Waals surface area contributed by atoms with E-state index in [2.05, 4.69) is 25.3 Å². The van der Waals surface area contributed by atoms with E-state index in [4.69, 9.17) is 5.26 Å². The summed E-state index contributed by atoms with van der Waals surface area (Å²) in [6.07, 6.45) is 3.22. The first-order valence-corrected chi connectivity index (χ1v) is 14.9. The molecule has 1 saturated heterocycles. The molecule has 2 aromatic heterocycles. The molecule has 0 spiro atoms. The van der Waals surface area contributed by atoms with Crippen molar-refractivity contribution in [1.29, 1.82) is 5.26 Å². The van der Waals surface area contributed by atoms with Crippen LogP contribution in [0.15, 0.2) is 47.6 Å². The largest absolute Gasteiger partial charge is 0.338 e. The number of aryl methyl sites for hydroxylation is 1. The molecule has 1 aliphatic heterocycles. The van der Waals surface area contributed by atoms with E-state index in [0.29, 0.717) is 24.7 Å². The van der Waals surface area contributed by atoms with Crippen LogP contribution >= 0.6 is 0 Å². The molecule has 16 heteroatoms. The molecule has 0 aliphatic carbocycles. The zero-order valence-electron chi connectivity index (χ0n) is 21.3. The van der Waals surface area contributed by atoms with Gasteiger partial charge in [-0.25, -0.2) is 36.8 Å². The Bertz CT molecular complexity index is 1650. The van der Waals surface area contributed by atoms with Crippen LogP contribution in [0.25, 0.3) is 0 Å². The van der Waals surface area contributed by atoms with E-state index in [-0.39, 0.29) is 40.9 Å². The molecule has 14 nitrogen and oxygen atoms in total. The van der Waals surface area contributed by atoms with Crippen molar-refractivity contribution < 1.29 is 21.6 Å². The number of piperazine rings is 1. The topological polar surface area (TPSA) is 182 Å². The standard InChI is InChI=1S/C23H25N9O5S2/c1-16-12-17(13-24)28-23(27-16)31-8-10-32(11-9-31)39(36,37)18-14-25-22(26-15-18)29-21(33)19-6-4-5-7-20(19)30(2)38(3,34)35/h4-7,12,14-15H,8-11H2,1-3H3,(H,25,26,29,33). The second-order valence-electron chi connectivity index (χ2n) is 8.64. The quantitative estimate of drug-likeness (QED) is 0.419. The van der Waals surface area contributed by atoms with Crippen molar-refractivity contribution in [3.05, 3.63) is 59.7 Å². The van der Waals surface area contributed by atoms with Crippen molar-refractivity contribution in [2.45, 2.75) is 11.8 Å². The molecule has 0 radical (unpaired) electrons. The number of sulfonamides is 2. The molecule has 3 aromatic rings. The van der Waals surface area contributed by atoms with E-state index in [9.17, 15) is 21.6 Å². The highest BCUT2D eigenvalue weighted by Gasteiger charge is 2.30. The van der Waals surface area contributed by atoms with Gasteiger partial charge in [-0.15, -0.1) is 0 Å². The lowest BCUT2D eigenvalue weighted by Gasteiger charge is -2.33. The van der Waals surface area contributed by atoms with Crippen LogP contribution in [0, 0.1) is 18.3 Å². The average Bonchev–Trinajstić information content (AvgIpc) is 2.92. The van der Waals surface area contributed by atoms with Crippen LogP contribution in [-0.4, -0.2) is 86.5 Å². The van der Waals surface area contributed by atoms with Crippen LogP contribution in [0.2, 0.25) is 0 Å². The first kappa shape index (κ1) is 27.8. The molecule has 0 atom stereocenters. The van der Waals surface area contributed by atoms with Crippen LogP contribution in [0.1, 0.15) is 21.7 Å². The number of nitrogens with zero attached hydrogens (tertiary/aromatic N) is 8. The Kier molecular flexibility index (Phi) is 7.77. The van der Waals surface area contributed by atoms with Gasteiger partial charge in [0.15, 0.2) is 0 Å². The summed E-state index contributed by atoms with van der Waals surface area (Å²) in [6, 6.07) is 9.68. The maximum atomic E-state index is 13.2. The van der Waals surface area contributed by atoms with Crippen LogP contribution in [0.5, 0.6) is 0 Å². The monoisotopic (exact) mass is 571 g/mol. The lowest BCUT2D eigenvalue weighted by molar-refractivity contribution is 0.102. The van der Waals surface area contributed by atoms with Gasteiger partial charge in [-0.1, -0.05) is 12.1 Å². The van der Waals surface area contributed by atoms with Crippen molar-refractivity contribution in [2.75, 3.05) is 54.0 Å². The van der Waals surface area contributed by atoms with Gasteiger partial charge in [-0.2, -0.15) is 9.57 Å². The first-order valence-electron chi connectivity index (χ1n) is 11.6. The Morgan fingerprint density at radius 2 is 1.69 bits per heavy atom. The van der Waals surface area contributed by atoms with Gasteiger partial charge in [0, 0.05) is 38.9 Å². The number of hydrogen-bond acceptors (Lipinski definition) is 11. The Balaban J connectivity index is 1.44. The summed E-state index contributed by atoms with van der Waals surface area (Å²) in [6.45, 7) is 2.72. The SMILES string of the molecule is Cc1cc(C#N)nc(N2CCN(S(=O)(=O)c3cnc(NC(=O)c4ccccc4N(C)S(C)(=O)=O)nc3)CC2)n1. The summed E-state index contributed by atoms with van der Waals surface area (Å²) in [5.74, 6) is -0.437. The lowest BCUT2D eigenvalue weighted by atomic mass is 10.1. The number of rotatable bonds is 7. The molecule has 4 rings (SSSR count). The van der Waals surface area contributed by atoms with Crippen molar-refractivity contribution in [1.82, 2.24) is 24.2 Å². The molecule has 0 saturated carbocycles. The normalized spacial score (nSPS) is 14.5. The van der Waals surface area contributed by atoms with E-state index in [1.807, 2.05) is 11.0 Å². The Morgan fingerprint density at radius 3 is 2.31 bits per heavy atom. The number of para-hydroxylation sites is 1. The second-order valence-corrected chi connectivity index (χ2v) is 12.6. The number of carbonyl (C=O) groups is 1. The van der Waals surface area contributed by atoms with E-state index in [1.54, 1.807) is 25.1 Å². The highest BCUT2D eigenvalue weighted by molar-refractivity contribution is 7.92. The van der Waals surface area contributed by atoms with Gasteiger partial charge in [-0.05, 0) is 25.1 Å². The predicted molar refractivity (Wildman–Crippen MR) is 142 cm³/mol. The van der Waals surface area contributed by atoms with E-state index >= 15 is 0 Å². The summed E-state index contributed by atoms with van der Waals surface area (Å²) in [7, 11) is -6.20. The fourth-order valence-electron chi connectivity index (χ4n) is 3.83. The number of nitrogens with one attached hydrogen (secondary N) is 1. The van der Waals surface area contributed by atoms with Crippen LogP contribution in [0.3, 0.4) is 0 Å². The molecule has 1 amide bonds. The van der Waals surface area contributed by atoms with Gasteiger partial charge in [0.05, 0.1) is 29.9 Å². The highest BCUT2D eigenvalue weighted by Crippen LogP contribution is 2.23. The summed E-state index contributed by atoms with van der Waals surface area (Å²) in [5.41, 5.74) is 1.11. The average molecular weight is 572 g/mol. The minimum atomic E-state index is -3.92. The third kappa shape index (κ3) is 6.11. The van der Waals surface area contributed by atoms with Crippen molar-refractivity contribution in [2.24, 2.45) is 0 Å². The molecule has 0 bridgehead atoms. The summed E-state index contributed by atoms with van der Waals surface area (Å²) in [5, 5.41) is 11.6. The number of hydrogen-bond donors (Lipinski definition) is 1. The van der Waals surface area contributed by atoms with Crippen molar-refractivity contribution in [3.63, 3.8) is 0 Å². The molecule has 1 fully saturated rings. The molecule has 3 heterocycles. The fourth-order valence-corrected chi connectivity index (χ4v) is 5.66. The molecule has 1 N–H and O–H groups in total. The molecule has 204 valence electrons. The summed E-state index contributed by atoms with van der Waals surface area (Å²) < 4.78 is 52.5. The van der Waals surface area contributed by atoms with E-state index in [0.717, 1.165) is 23.0 Å². The zero-order chi connectivity index (χ0) is 28.4. The second kappa shape index (κ2) is 10.9. The number of amides is 1. The number of aromatic nitrogens is 4. The third-order valence-electron chi connectivity index (χ3n) is 5.96. The van der Waals surface area contributed by atoms with Crippen LogP contribution in [-0.2, 0) is 20.0 Å². The number of nitriles is 1.